The molecule has 0 radical (unpaired) electrons. The van der Waals surface area contributed by atoms with Gasteiger partial charge >= 0.3 is 0 Å². The lowest BCUT2D eigenvalue weighted by molar-refractivity contribution is -0.129. The molecule has 0 bridgehead atoms. The molecule has 2 aliphatic heterocycles. The Balaban J connectivity index is 1.51. The van der Waals surface area contributed by atoms with Gasteiger partial charge in [-0.3, -0.25) is 9.59 Å². The highest BCUT2D eigenvalue weighted by Crippen LogP contribution is 2.45. The molecule has 2 aliphatic rings. The number of fused-ring (bicyclic) bond motifs is 4. The van der Waals surface area contributed by atoms with Crippen molar-refractivity contribution in [3.63, 3.8) is 0 Å². The van der Waals surface area contributed by atoms with Crippen LogP contribution in [0.25, 0.3) is 22.0 Å². The monoisotopic (exact) mass is 488 g/mol. The summed E-state index contributed by atoms with van der Waals surface area (Å²) in [5.41, 5.74) is 3.62. The van der Waals surface area contributed by atoms with Crippen LogP contribution in [0.5, 0.6) is 0 Å². The first-order valence-corrected chi connectivity index (χ1v) is 11.4. The number of aliphatic hydroxyl groups excluding tert-OH is 1. The van der Waals surface area contributed by atoms with Gasteiger partial charge in [0.05, 0.1) is 6.04 Å². The van der Waals surface area contributed by atoms with Gasteiger partial charge in [-0.25, -0.2) is 13.2 Å². The zero-order valence-corrected chi connectivity index (χ0v) is 19.0. The van der Waals surface area contributed by atoms with Crippen LogP contribution in [0.2, 0.25) is 0 Å². The van der Waals surface area contributed by atoms with E-state index in [1.165, 1.54) is 11.8 Å². The summed E-state index contributed by atoms with van der Waals surface area (Å²) < 4.78 is 40.9. The molecule has 36 heavy (non-hydrogen) atoms. The van der Waals surface area contributed by atoms with Crippen LogP contribution < -0.4 is 0 Å². The summed E-state index contributed by atoms with van der Waals surface area (Å²) in [4.78, 5) is 31.4. The van der Waals surface area contributed by atoms with Gasteiger partial charge in [-0.15, -0.1) is 0 Å². The maximum atomic E-state index is 13.8. The quantitative estimate of drug-likeness (QED) is 0.169. The lowest BCUT2D eigenvalue weighted by atomic mass is 9.88. The van der Waals surface area contributed by atoms with Crippen LogP contribution in [-0.4, -0.2) is 32.7 Å². The Morgan fingerprint density at radius 1 is 0.972 bits per heavy atom. The first-order valence-electron chi connectivity index (χ1n) is 11.4. The number of hydrogen-bond acceptors (Lipinski definition) is 3. The van der Waals surface area contributed by atoms with E-state index >= 15 is 0 Å². The highest BCUT2D eigenvalue weighted by Gasteiger charge is 2.52. The third-order valence-electron chi connectivity index (χ3n) is 7.03. The van der Waals surface area contributed by atoms with E-state index in [2.05, 4.69) is 4.98 Å². The molecule has 3 aromatic carbocycles. The van der Waals surface area contributed by atoms with Crippen molar-refractivity contribution in [2.45, 2.75) is 25.4 Å². The number of ketones is 1. The zero-order valence-electron chi connectivity index (χ0n) is 19.0. The molecule has 0 saturated carbocycles. The molecular formula is C28H19F3N2O3. The number of hydrogen-bond donors (Lipinski definition) is 2. The molecule has 0 unspecified atom stereocenters. The number of H-pyrrole nitrogens is 1. The van der Waals surface area contributed by atoms with Crippen LogP contribution >= 0.6 is 0 Å². The van der Waals surface area contributed by atoms with Crippen LogP contribution in [0.15, 0.2) is 72.0 Å². The van der Waals surface area contributed by atoms with E-state index in [-0.39, 0.29) is 16.9 Å². The topological polar surface area (TPSA) is 73.4 Å². The second-order valence-corrected chi connectivity index (χ2v) is 9.10. The van der Waals surface area contributed by atoms with Gasteiger partial charge in [0.25, 0.3) is 5.91 Å². The number of rotatable bonds is 2. The van der Waals surface area contributed by atoms with Gasteiger partial charge in [0.1, 0.15) is 17.4 Å². The molecule has 0 aliphatic carbocycles. The number of aromatic amines is 1. The smallest absolute Gasteiger partial charge is 0.262 e. The molecule has 5 nitrogen and oxygen atoms in total. The van der Waals surface area contributed by atoms with Crippen molar-refractivity contribution in [3.05, 3.63) is 106 Å². The molecule has 0 spiro atoms. The average molecular weight is 488 g/mol. The number of aliphatic hydroxyl groups is 1. The molecule has 1 amide bonds. The summed E-state index contributed by atoms with van der Waals surface area (Å²) >= 11 is 0. The van der Waals surface area contributed by atoms with Crippen molar-refractivity contribution in [2.24, 2.45) is 0 Å². The minimum absolute atomic E-state index is 0.166. The number of carbonyl (C=O) groups excluding carboxylic acids is 2. The number of halogens is 3. The molecule has 2 atom stereocenters. The Labute approximate surface area is 203 Å². The minimum Gasteiger partial charge on any atom is -0.512 e. The number of amides is 1. The summed E-state index contributed by atoms with van der Waals surface area (Å²) in [5.74, 6) is -5.39. The number of benzene rings is 3. The van der Waals surface area contributed by atoms with Crippen LogP contribution in [0.4, 0.5) is 13.2 Å². The van der Waals surface area contributed by atoms with Crippen molar-refractivity contribution in [1.29, 1.82) is 0 Å². The predicted molar refractivity (Wildman–Crippen MR) is 127 cm³/mol. The van der Waals surface area contributed by atoms with Gasteiger partial charge in [-0.05, 0) is 47.4 Å². The third-order valence-corrected chi connectivity index (χ3v) is 7.03. The number of para-hydroxylation sites is 1. The molecule has 2 N–H and O–H groups in total. The fourth-order valence-corrected chi connectivity index (χ4v) is 5.40. The molecule has 6 rings (SSSR count). The molecule has 1 fully saturated rings. The van der Waals surface area contributed by atoms with Crippen LogP contribution in [0.3, 0.4) is 0 Å². The van der Waals surface area contributed by atoms with E-state index in [0.717, 1.165) is 34.3 Å². The van der Waals surface area contributed by atoms with Gasteiger partial charge in [0.2, 0.25) is 0 Å². The Hall–Kier alpha value is -4.33. The summed E-state index contributed by atoms with van der Waals surface area (Å²) in [7, 11) is 0. The number of nitrogens with zero attached hydrogens (tertiary/aromatic N) is 1. The van der Waals surface area contributed by atoms with E-state index in [1.54, 1.807) is 24.3 Å². The molecule has 180 valence electrons. The highest BCUT2D eigenvalue weighted by molar-refractivity contribution is 6.27. The molecule has 3 heterocycles. The highest BCUT2D eigenvalue weighted by atomic mass is 19.2. The maximum absolute atomic E-state index is 13.8. The maximum Gasteiger partial charge on any atom is 0.262 e. The van der Waals surface area contributed by atoms with Gasteiger partial charge in [0.15, 0.2) is 23.2 Å². The zero-order chi connectivity index (χ0) is 25.3. The van der Waals surface area contributed by atoms with E-state index in [9.17, 15) is 27.9 Å². The number of aromatic nitrogens is 1. The van der Waals surface area contributed by atoms with Crippen LogP contribution in [0, 0.1) is 17.5 Å². The lowest BCUT2D eigenvalue weighted by Gasteiger charge is -2.37. The normalized spacial score (nSPS) is 20.6. The molecular weight excluding hydrogens is 469 g/mol. The Morgan fingerprint density at radius 3 is 2.31 bits per heavy atom. The second kappa shape index (κ2) is 7.84. The fraction of sp³-hybridized carbons (Fsp3) is 0.143. The number of carbonyl (C=O) groups is 2. The Morgan fingerprint density at radius 2 is 1.64 bits per heavy atom. The summed E-state index contributed by atoms with van der Waals surface area (Å²) in [6, 6.07) is 14.8. The van der Waals surface area contributed by atoms with E-state index in [4.69, 9.17) is 0 Å². The Kier molecular flexibility index (Phi) is 4.83. The van der Waals surface area contributed by atoms with Gasteiger partial charge in [-0.2, -0.15) is 0 Å². The second-order valence-electron chi connectivity index (χ2n) is 9.10. The van der Waals surface area contributed by atoms with Crippen LogP contribution in [-0.2, 0) is 16.0 Å². The molecule has 1 saturated heterocycles. The predicted octanol–water partition coefficient (Wildman–Crippen LogP) is 5.51. The lowest BCUT2D eigenvalue weighted by Crippen LogP contribution is -2.44. The average Bonchev–Trinajstić information content (AvgIpc) is 3.35. The first kappa shape index (κ1) is 22.2. The minimum atomic E-state index is -1.53. The SMILES string of the molecule is C/C(O)=C1\C(=O)[C@@H]2Cc3c([nH]c4ccccc34)[C@@H](c3ccc(-c4cc(F)c(F)c(F)c4)cc3)N2C1=O. The van der Waals surface area contributed by atoms with Crippen molar-refractivity contribution >= 4 is 22.6 Å². The summed E-state index contributed by atoms with van der Waals surface area (Å²) in [5, 5.41) is 11.0. The molecule has 4 aromatic rings. The number of allylic oxidation sites excluding steroid dienone is 1. The van der Waals surface area contributed by atoms with E-state index < -0.39 is 41.2 Å². The Bertz CT molecular complexity index is 1590. The van der Waals surface area contributed by atoms with Crippen LogP contribution in [0.1, 0.15) is 29.8 Å². The van der Waals surface area contributed by atoms with Crippen molar-refractivity contribution < 1.29 is 27.9 Å². The molecule has 1 aromatic heterocycles. The van der Waals surface area contributed by atoms with Crippen molar-refractivity contribution in [1.82, 2.24) is 9.88 Å². The number of nitrogens with one attached hydrogen (secondary N) is 1. The summed E-state index contributed by atoms with van der Waals surface area (Å²) in [6.45, 7) is 1.32. The van der Waals surface area contributed by atoms with Crippen molar-refractivity contribution in [3.8, 4) is 11.1 Å². The first-order chi connectivity index (χ1) is 17.3. The third kappa shape index (κ3) is 3.10. The van der Waals surface area contributed by atoms with E-state index in [0.29, 0.717) is 17.5 Å². The van der Waals surface area contributed by atoms with Gasteiger partial charge in [-0.1, -0.05) is 42.5 Å². The van der Waals surface area contributed by atoms with Gasteiger partial charge in [0, 0.05) is 23.0 Å². The summed E-state index contributed by atoms with van der Waals surface area (Å²) in [6.07, 6.45) is 0.309. The molecule has 8 heteroatoms. The fourth-order valence-electron chi connectivity index (χ4n) is 5.40. The van der Waals surface area contributed by atoms with Gasteiger partial charge < -0.3 is 15.0 Å². The van der Waals surface area contributed by atoms with E-state index in [1.807, 2.05) is 24.3 Å². The van der Waals surface area contributed by atoms with Crippen molar-refractivity contribution in [2.75, 3.05) is 0 Å². The standard InChI is InChI=1S/C28H19F3N2O3/c1-13(34)23-27(35)22-12-18-17-4-2-3-5-21(17)32-25(18)26(33(22)28(23)36)15-8-6-14(7-9-15)16-10-19(29)24(31)20(30)11-16/h2-11,22,26,32,34H,12H2,1H3/b23-13-/t22-,26+/m0/s1. The number of Topliss-reactive ketones (excluding diaryl/α,β-unsaturated/α-hetero) is 1. The largest absolute Gasteiger partial charge is 0.512 e.